The summed E-state index contributed by atoms with van der Waals surface area (Å²) in [5.41, 5.74) is 7.77. The van der Waals surface area contributed by atoms with Crippen molar-refractivity contribution in [3.63, 3.8) is 0 Å². The number of rotatable bonds is 3. The average Bonchev–Trinajstić information content (AvgIpc) is 2.42. The molecular weight excluding hydrogens is 228 g/mol. The van der Waals surface area contributed by atoms with Gasteiger partial charge in [-0.05, 0) is 29.8 Å². The molecule has 0 spiro atoms. The van der Waals surface area contributed by atoms with Crippen molar-refractivity contribution < 1.29 is 9.53 Å². The zero-order valence-electron chi connectivity index (χ0n) is 10.0. The second kappa shape index (κ2) is 5.31. The van der Waals surface area contributed by atoms with E-state index >= 15 is 0 Å². The fraction of sp³-hybridized carbons (Fsp3) is 0.143. The Bertz CT molecular complexity index is 523. The minimum atomic E-state index is -0.517. The van der Waals surface area contributed by atoms with Crippen LogP contribution in [0.4, 0.5) is 5.69 Å². The number of hydrogen-bond donors (Lipinski definition) is 1. The van der Waals surface area contributed by atoms with Crippen LogP contribution in [0.5, 0.6) is 0 Å². The molecule has 1 aromatic heterocycles. The molecule has 0 saturated heterocycles. The van der Waals surface area contributed by atoms with E-state index in [1.165, 1.54) is 7.11 Å². The van der Waals surface area contributed by atoms with Crippen molar-refractivity contribution >= 4 is 11.7 Å². The summed E-state index contributed by atoms with van der Waals surface area (Å²) in [5.74, 6) is -0.852. The lowest BCUT2D eigenvalue weighted by Crippen LogP contribution is -2.16. The van der Waals surface area contributed by atoms with E-state index in [9.17, 15) is 4.79 Å². The molecule has 0 saturated carbocycles. The van der Waals surface area contributed by atoms with Crippen LogP contribution in [0.15, 0.2) is 48.7 Å². The Morgan fingerprint density at radius 3 is 2.50 bits per heavy atom. The molecule has 1 atom stereocenters. The zero-order valence-corrected chi connectivity index (χ0v) is 10.0. The molecule has 0 fully saturated rings. The predicted octanol–water partition coefficient (Wildman–Crippen LogP) is 1.97. The van der Waals surface area contributed by atoms with Crippen LogP contribution in [0.2, 0.25) is 0 Å². The second-order valence-corrected chi connectivity index (χ2v) is 3.88. The van der Waals surface area contributed by atoms with E-state index < -0.39 is 5.92 Å². The van der Waals surface area contributed by atoms with E-state index in [-0.39, 0.29) is 5.97 Å². The van der Waals surface area contributed by atoms with Crippen molar-refractivity contribution in [2.45, 2.75) is 5.92 Å². The first-order chi connectivity index (χ1) is 8.72. The molecule has 2 aromatic rings. The van der Waals surface area contributed by atoms with Gasteiger partial charge in [0.2, 0.25) is 0 Å². The van der Waals surface area contributed by atoms with Gasteiger partial charge in [-0.2, -0.15) is 0 Å². The standard InChI is InChI=1S/C14H14N2O2/c1-18-14(17)13(12-4-2-3-9-16-12)10-5-7-11(15)8-6-10/h2-9,13H,15H2,1H3. The van der Waals surface area contributed by atoms with E-state index in [4.69, 9.17) is 10.5 Å². The second-order valence-electron chi connectivity index (χ2n) is 3.88. The largest absolute Gasteiger partial charge is 0.468 e. The molecule has 1 heterocycles. The molecule has 0 amide bonds. The van der Waals surface area contributed by atoms with Gasteiger partial charge in [0.1, 0.15) is 5.92 Å². The number of methoxy groups -OCH3 is 1. The molecule has 0 aliphatic rings. The Labute approximate surface area is 105 Å². The lowest BCUT2D eigenvalue weighted by atomic mass is 9.95. The van der Waals surface area contributed by atoms with Crippen molar-refractivity contribution in [2.75, 3.05) is 12.8 Å². The first-order valence-electron chi connectivity index (χ1n) is 5.56. The Kier molecular flexibility index (Phi) is 3.57. The SMILES string of the molecule is COC(=O)C(c1ccc(N)cc1)c1ccccn1. The molecule has 18 heavy (non-hydrogen) atoms. The molecule has 0 radical (unpaired) electrons. The normalized spacial score (nSPS) is 11.8. The highest BCUT2D eigenvalue weighted by Gasteiger charge is 2.24. The lowest BCUT2D eigenvalue weighted by molar-refractivity contribution is -0.141. The summed E-state index contributed by atoms with van der Waals surface area (Å²) in [5, 5.41) is 0. The van der Waals surface area contributed by atoms with Crippen molar-refractivity contribution in [1.29, 1.82) is 0 Å². The minimum Gasteiger partial charge on any atom is -0.468 e. The summed E-state index contributed by atoms with van der Waals surface area (Å²) < 4.78 is 4.84. The van der Waals surface area contributed by atoms with Crippen molar-refractivity contribution in [1.82, 2.24) is 4.98 Å². The molecule has 0 aliphatic carbocycles. The third kappa shape index (κ3) is 2.48. The van der Waals surface area contributed by atoms with E-state index in [0.29, 0.717) is 11.4 Å². The lowest BCUT2D eigenvalue weighted by Gasteiger charge is -2.14. The van der Waals surface area contributed by atoms with E-state index in [1.54, 1.807) is 30.5 Å². The van der Waals surface area contributed by atoms with E-state index in [1.807, 2.05) is 18.2 Å². The van der Waals surface area contributed by atoms with Gasteiger partial charge < -0.3 is 10.5 Å². The number of hydrogen-bond acceptors (Lipinski definition) is 4. The smallest absolute Gasteiger partial charge is 0.319 e. The van der Waals surface area contributed by atoms with Crippen molar-refractivity contribution in [2.24, 2.45) is 0 Å². The van der Waals surface area contributed by atoms with Gasteiger partial charge in [0.15, 0.2) is 0 Å². The van der Waals surface area contributed by atoms with Crippen molar-refractivity contribution in [3.8, 4) is 0 Å². The van der Waals surface area contributed by atoms with Gasteiger partial charge in [0.05, 0.1) is 12.8 Å². The number of pyridine rings is 1. The number of nitrogens with zero attached hydrogens (tertiary/aromatic N) is 1. The number of esters is 1. The predicted molar refractivity (Wildman–Crippen MR) is 69.0 cm³/mol. The first kappa shape index (κ1) is 12.1. The summed E-state index contributed by atoms with van der Waals surface area (Å²) in [6.45, 7) is 0. The van der Waals surface area contributed by atoms with Gasteiger partial charge in [-0.15, -0.1) is 0 Å². The molecular formula is C14H14N2O2. The Hall–Kier alpha value is -2.36. The molecule has 0 bridgehead atoms. The van der Waals surface area contributed by atoms with Gasteiger partial charge in [-0.3, -0.25) is 9.78 Å². The maximum Gasteiger partial charge on any atom is 0.319 e. The quantitative estimate of drug-likeness (QED) is 0.660. The molecule has 2 N–H and O–H groups in total. The Morgan fingerprint density at radius 1 is 1.22 bits per heavy atom. The maximum atomic E-state index is 11.9. The van der Waals surface area contributed by atoms with Gasteiger partial charge in [-0.25, -0.2) is 0 Å². The number of nitrogen functional groups attached to an aromatic ring is 1. The summed E-state index contributed by atoms with van der Waals surface area (Å²) in [6.07, 6.45) is 1.66. The van der Waals surface area contributed by atoms with Gasteiger partial charge in [-0.1, -0.05) is 18.2 Å². The van der Waals surface area contributed by atoms with Crippen LogP contribution < -0.4 is 5.73 Å². The topological polar surface area (TPSA) is 65.2 Å². The van der Waals surface area contributed by atoms with Crippen LogP contribution in [-0.2, 0) is 9.53 Å². The van der Waals surface area contributed by atoms with Crippen LogP contribution >= 0.6 is 0 Å². The van der Waals surface area contributed by atoms with E-state index in [2.05, 4.69) is 4.98 Å². The fourth-order valence-corrected chi connectivity index (χ4v) is 1.78. The van der Waals surface area contributed by atoms with Crippen molar-refractivity contribution in [3.05, 3.63) is 59.9 Å². The summed E-state index contributed by atoms with van der Waals surface area (Å²) in [6, 6.07) is 12.6. The zero-order chi connectivity index (χ0) is 13.0. The molecule has 1 aromatic carbocycles. The highest BCUT2D eigenvalue weighted by Crippen LogP contribution is 2.25. The third-order valence-corrected chi connectivity index (χ3v) is 2.69. The number of aromatic nitrogens is 1. The highest BCUT2D eigenvalue weighted by atomic mass is 16.5. The van der Waals surface area contributed by atoms with Crippen LogP contribution in [0, 0.1) is 0 Å². The fourth-order valence-electron chi connectivity index (χ4n) is 1.78. The van der Waals surface area contributed by atoms with Crippen LogP contribution in [0.3, 0.4) is 0 Å². The van der Waals surface area contributed by atoms with Gasteiger partial charge in [0, 0.05) is 11.9 Å². The number of carbonyl (C=O) groups excluding carboxylic acids is 1. The monoisotopic (exact) mass is 242 g/mol. The third-order valence-electron chi connectivity index (χ3n) is 2.69. The number of benzene rings is 1. The maximum absolute atomic E-state index is 11.9. The molecule has 0 aliphatic heterocycles. The molecule has 1 unspecified atom stereocenters. The number of nitrogens with two attached hydrogens (primary N) is 1. The molecule has 4 nitrogen and oxygen atoms in total. The molecule has 4 heteroatoms. The minimum absolute atomic E-state index is 0.335. The number of ether oxygens (including phenoxy) is 1. The van der Waals surface area contributed by atoms with Crippen LogP contribution in [0.25, 0.3) is 0 Å². The molecule has 92 valence electrons. The Balaban J connectivity index is 2.43. The van der Waals surface area contributed by atoms with Crippen LogP contribution in [-0.4, -0.2) is 18.1 Å². The summed E-state index contributed by atoms with van der Waals surface area (Å²) >= 11 is 0. The van der Waals surface area contributed by atoms with Gasteiger partial charge in [0.25, 0.3) is 0 Å². The van der Waals surface area contributed by atoms with Crippen LogP contribution in [0.1, 0.15) is 17.2 Å². The number of carbonyl (C=O) groups is 1. The highest BCUT2D eigenvalue weighted by molar-refractivity contribution is 5.81. The number of anilines is 1. The summed E-state index contributed by atoms with van der Waals surface area (Å²) in [4.78, 5) is 16.1. The average molecular weight is 242 g/mol. The van der Waals surface area contributed by atoms with E-state index in [0.717, 1.165) is 5.56 Å². The van der Waals surface area contributed by atoms with Gasteiger partial charge >= 0.3 is 5.97 Å². The Morgan fingerprint density at radius 2 is 1.94 bits per heavy atom. The summed E-state index contributed by atoms with van der Waals surface area (Å²) in [7, 11) is 1.37. The molecule has 2 rings (SSSR count). The first-order valence-corrected chi connectivity index (χ1v) is 5.56.